The Hall–Kier alpha value is -13.2. The molecule has 0 bridgehead atoms. The van der Waals surface area contributed by atoms with Crippen molar-refractivity contribution in [2.24, 2.45) is 0 Å². The van der Waals surface area contributed by atoms with Gasteiger partial charge in [-0.05, 0) is 202 Å². The minimum absolute atomic E-state index is 0. The number of aliphatic hydroxyl groups is 1. The van der Waals surface area contributed by atoms with Gasteiger partial charge in [0.2, 0.25) is 16.9 Å². The Morgan fingerprint density at radius 3 is 1.72 bits per heavy atom. The van der Waals surface area contributed by atoms with Crippen molar-refractivity contribution < 1.29 is 84.4 Å². The molecule has 13 aromatic rings. The van der Waals surface area contributed by atoms with E-state index in [2.05, 4.69) is 63.3 Å². The first kappa shape index (κ1) is 92.5. The number of fused-ring (bicyclic) bond motifs is 2. The first-order valence-electron chi connectivity index (χ1n) is 40.5. The Morgan fingerprint density at radius 2 is 1.15 bits per heavy atom. The molecule has 6 N–H and O–H groups in total. The highest BCUT2D eigenvalue weighted by Gasteiger charge is 2.40. The second kappa shape index (κ2) is 40.0. The number of nitriles is 1. The zero-order valence-electron chi connectivity index (χ0n) is 69.4. The van der Waals surface area contributed by atoms with Gasteiger partial charge >= 0.3 is 0 Å². The molecule has 0 spiro atoms. The molecule has 5 aromatic heterocycles. The summed E-state index contributed by atoms with van der Waals surface area (Å²) in [6, 6.07) is 50.2. The van der Waals surface area contributed by atoms with Gasteiger partial charge in [0, 0.05) is 160 Å². The number of nitrogens with one attached hydrogen (secondary N) is 5. The van der Waals surface area contributed by atoms with Gasteiger partial charge in [-0.3, -0.25) is 38.1 Å². The maximum Gasteiger partial charge on any atom is 0.268 e. The molecule has 4 amide bonds. The molecule has 690 valence electrons. The Bertz CT molecular complexity index is 6870. The molecule has 44 heteroatoms. The molecule has 10 heterocycles. The van der Waals surface area contributed by atoms with Crippen LogP contribution in [0.5, 0.6) is 5.75 Å². The van der Waals surface area contributed by atoms with E-state index in [0.29, 0.717) is 102 Å². The third-order valence-electron chi connectivity index (χ3n) is 21.8. The lowest BCUT2D eigenvalue weighted by atomic mass is 9.99. The van der Waals surface area contributed by atoms with Crippen LogP contribution in [0.1, 0.15) is 69.4 Å². The zero-order valence-corrected chi connectivity index (χ0v) is 75.9. The fourth-order valence-corrected chi connectivity index (χ4v) is 21.8. The van der Waals surface area contributed by atoms with Crippen LogP contribution in [0.4, 0.5) is 62.8 Å². The van der Waals surface area contributed by atoms with E-state index in [0.717, 1.165) is 66.2 Å². The summed E-state index contributed by atoms with van der Waals surface area (Å²) in [6.45, 7) is 7.78. The number of aliphatic hydroxyl groups excluding tert-OH is 1. The number of carbonyl (C=O) groups excluding carboxylic acids is 4. The van der Waals surface area contributed by atoms with Crippen molar-refractivity contribution in [1.82, 2.24) is 44.1 Å². The van der Waals surface area contributed by atoms with E-state index in [9.17, 15) is 76.4 Å². The number of thiazole rings is 2. The fraction of sp³-hybridized carbons (Fsp3) is 0.230. The molecule has 4 atom stereocenters. The predicted molar refractivity (Wildman–Crippen MR) is 504 cm³/mol. The molecule has 2 unspecified atom stereocenters. The van der Waals surface area contributed by atoms with Crippen LogP contribution in [0.2, 0.25) is 5.02 Å². The number of para-hydroxylation sites is 1. The number of rotatable bonds is 24. The number of carbonyl (C=O) groups is 4. The smallest absolute Gasteiger partial charge is 0.268 e. The molecule has 131 heavy (non-hydrogen) atoms. The van der Waals surface area contributed by atoms with Crippen LogP contribution in [0.25, 0.3) is 10.9 Å². The van der Waals surface area contributed by atoms with Gasteiger partial charge in [-0.15, -0.1) is 22.7 Å². The molecule has 18 rings (SSSR count). The van der Waals surface area contributed by atoms with Crippen LogP contribution in [-0.4, -0.2) is 178 Å². The standard InChI is InChI=1S/C23H22FN5O3S2.C22H22ClN5O3S2.C22H21F2N5O4S.C20H16N4O4S2.6H2/c1-15(29-11-9-19-20(24)3-2-4-21(19)29)22(30)26-16-13-28(14-16)17-5-7-18(8-6-17)34(31,32)27-23-25-10-12-33-23;1-14-24-22(32-25-14)26-33(30,31)18-7-5-17(6-8-18)27-12-10-20(21(27)29)28-11-2-3-15-13-16(23)4-9-19(15)28;23-17-2-1-3-18(24)20(17)21(30)22(31)29-12-10-28(11-13-29)15-4-6-16(7-5-15)34(32,33)27-19-8-9-25-14-26-19;21-13-14-3-1-2-4-17(14)28-18-9-11-24(19(18)25)15-5-7-16(8-6-15)30(26,27)23-20-22-10-12-29-20;;;;;;/h2-12,15-16H,13-14H2,1H3,(H,25,27)(H,26,30);4-9,13,20H,2-3,10-12H2,1H3,(H,24,25,26);1-9,14,21,30H,10-13H2,(H,25,26,27);1-8,10,12,18H,9,11H2,(H,22,23);6*1H/t15-;20-;;;;;;;;/m00......../s1. The SMILES string of the molecule is C[C@@H](C(=O)NC1CN(c2ccc(S(=O)(=O)Nc3nccs3)cc2)C1)n1ccc2c(F)cccc21.Cc1nsc(NS(=O)(=O)c2ccc(N3CC[C@H](N4CCCc5cc(Cl)ccc54)C3=O)cc2)n1.N#Cc1ccccc1OC1CCN(c2ccc(S(=O)(=O)Nc3nccs3)cc2)C1=O.O=C(C(O)c1c(F)cccc1F)N1CCN(c2ccc(S(=O)(=O)Nc3ccncn3)cc2)CC1.[HH].[HH].[HH].[HH].[HH].[HH]. The van der Waals surface area contributed by atoms with E-state index in [1.54, 1.807) is 148 Å². The van der Waals surface area contributed by atoms with Crippen molar-refractivity contribution in [2.75, 3.05) is 102 Å². The minimum Gasteiger partial charge on any atom is -0.479 e. The first-order valence-corrected chi connectivity index (χ1v) is 49.4. The molecular weight excluding hydrogens is 1850 g/mol. The maximum absolute atomic E-state index is 14.0. The van der Waals surface area contributed by atoms with Crippen molar-refractivity contribution in [3.63, 3.8) is 0 Å². The molecule has 0 radical (unpaired) electrons. The number of benzene rings is 8. The average Bonchev–Trinajstić information content (AvgIpc) is 1.67. The molecule has 5 aliphatic rings. The lowest BCUT2D eigenvalue weighted by Gasteiger charge is -2.41. The number of ether oxygens (including phenoxy) is 1. The van der Waals surface area contributed by atoms with Gasteiger partial charge in [-0.25, -0.2) is 71.8 Å². The van der Waals surface area contributed by atoms with Crippen LogP contribution in [0, 0.1) is 35.7 Å². The van der Waals surface area contributed by atoms with Gasteiger partial charge in [0.1, 0.15) is 59.3 Å². The lowest BCUT2D eigenvalue weighted by molar-refractivity contribution is -0.141. The van der Waals surface area contributed by atoms with Crippen LogP contribution < -0.4 is 53.4 Å². The van der Waals surface area contributed by atoms with E-state index >= 15 is 0 Å². The second-order valence-corrected chi connectivity index (χ2v) is 39.9. The molecule has 0 aliphatic carbocycles. The molecule has 4 fully saturated rings. The van der Waals surface area contributed by atoms with Gasteiger partial charge in [0.15, 0.2) is 22.5 Å². The number of halogens is 4. The highest BCUT2D eigenvalue weighted by molar-refractivity contribution is 7.93. The van der Waals surface area contributed by atoms with Gasteiger partial charge < -0.3 is 49.1 Å². The number of hydrogen-bond acceptors (Lipinski definition) is 27. The summed E-state index contributed by atoms with van der Waals surface area (Å²) in [7, 11) is -15.1. The fourth-order valence-electron chi connectivity index (χ4n) is 15.2. The number of aromatic nitrogens is 7. The number of amides is 4. The minimum atomic E-state index is -3.82. The molecule has 5 aliphatic heterocycles. The number of aryl methyl sites for hydroxylation is 2. The van der Waals surface area contributed by atoms with Crippen LogP contribution in [0.3, 0.4) is 0 Å². The van der Waals surface area contributed by atoms with Crippen LogP contribution in [0.15, 0.2) is 250 Å². The van der Waals surface area contributed by atoms with Gasteiger partial charge in [-0.1, -0.05) is 35.9 Å². The molecule has 33 nitrogen and oxygen atoms in total. The molecule has 0 saturated carbocycles. The van der Waals surface area contributed by atoms with Gasteiger partial charge in [0.25, 0.3) is 51.9 Å². The summed E-state index contributed by atoms with van der Waals surface area (Å²) in [5, 5.41) is 27.8. The molecule has 4 saturated heterocycles. The number of sulfonamides is 4. The van der Waals surface area contributed by atoms with Crippen LogP contribution >= 0.6 is 45.8 Å². The number of piperazine rings is 1. The summed E-state index contributed by atoms with van der Waals surface area (Å²) in [6.07, 6.45) is 7.90. The highest BCUT2D eigenvalue weighted by Crippen LogP contribution is 2.38. The summed E-state index contributed by atoms with van der Waals surface area (Å²) in [4.78, 5) is 82.1. The Balaban J connectivity index is 0.000000202. The van der Waals surface area contributed by atoms with E-state index < -0.39 is 81.4 Å². The average molecular weight is 1950 g/mol. The number of nitrogens with zero attached hydrogens (tertiary/aromatic N) is 14. The quantitative estimate of drug-likeness (QED) is 0.0327. The van der Waals surface area contributed by atoms with Crippen molar-refractivity contribution in [3.05, 3.63) is 275 Å². The van der Waals surface area contributed by atoms with E-state index in [1.165, 1.54) is 107 Å². The Labute approximate surface area is 777 Å². The van der Waals surface area contributed by atoms with Gasteiger partial charge in [0.05, 0.1) is 42.3 Å². The second-order valence-electron chi connectivity index (χ2n) is 30.2. The molecule has 8 aromatic carbocycles. The third-order valence-corrected chi connectivity index (χ3v) is 30.0. The number of hydrogen-bond donors (Lipinski definition) is 6. The van der Waals surface area contributed by atoms with E-state index in [1.807, 2.05) is 29.2 Å². The van der Waals surface area contributed by atoms with Crippen molar-refractivity contribution in [1.29, 1.82) is 5.26 Å². The van der Waals surface area contributed by atoms with Crippen molar-refractivity contribution >= 4 is 170 Å². The normalized spacial score (nSPS) is 16.3. The van der Waals surface area contributed by atoms with E-state index in [4.69, 9.17) is 16.3 Å². The van der Waals surface area contributed by atoms with Gasteiger partial charge in [-0.2, -0.15) is 9.64 Å². The highest BCUT2D eigenvalue weighted by atomic mass is 35.5. The number of anilines is 9. The zero-order chi connectivity index (χ0) is 92.5. The lowest BCUT2D eigenvalue weighted by Crippen LogP contribution is -2.60. The summed E-state index contributed by atoms with van der Waals surface area (Å²) in [5.41, 5.74) is 5.51. The Morgan fingerprint density at radius 1 is 0.603 bits per heavy atom. The molecular formula is C87H93ClF3N19O14S7. The summed E-state index contributed by atoms with van der Waals surface area (Å²) < 4.78 is 163. The monoisotopic (exact) mass is 1940 g/mol. The van der Waals surface area contributed by atoms with Crippen molar-refractivity contribution in [2.45, 2.75) is 89.4 Å². The first-order chi connectivity index (χ1) is 62.9. The largest absolute Gasteiger partial charge is 0.479 e. The third kappa shape index (κ3) is 21.6. The Kier molecular flexibility index (Phi) is 28.3. The van der Waals surface area contributed by atoms with Crippen molar-refractivity contribution in [3.8, 4) is 11.8 Å². The summed E-state index contributed by atoms with van der Waals surface area (Å²) in [5.74, 6) is -2.37. The van der Waals surface area contributed by atoms with Crippen LogP contribution in [-0.2, 0) is 65.7 Å². The van der Waals surface area contributed by atoms with E-state index in [-0.39, 0.29) is 92.9 Å². The maximum atomic E-state index is 14.0. The summed E-state index contributed by atoms with van der Waals surface area (Å²) >= 11 is 9.54. The predicted octanol–water partition coefficient (Wildman–Crippen LogP) is 13.9. The topological polar surface area (TPSA) is 420 Å².